The molecule has 0 bridgehead atoms. The summed E-state index contributed by atoms with van der Waals surface area (Å²) in [5, 5.41) is 11.5. The molecule has 22 heavy (non-hydrogen) atoms. The minimum Gasteiger partial charge on any atom is -0.496 e. The Morgan fingerprint density at radius 2 is 2.18 bits per heavy atom. The molecular weight excluding hydrogens is 280 g/mol. The number of methoxy groups -OCH3 is 1. The number of amides is 1. The van der Waals surface area contributed by atoms with E-state index < -0.39 is 6.61 Å². The average Bonchev–Trinajstić information content (AvgIpc) is 2.97. The van der Waals surface area contributed by atoms with Crippen LogP contribution in [0.4, 0.5) is 0 Å². The second-order valence-corrected chi connectivity index (χ2v) is 6.03. The number of hydrogen-bond acceptors (Lipinski definition) is 4. The first-order chi connectivity index (χ1) is 10.5. The summed E-state index contributed by atoms with van der Waals surface area (Å²) in [4.78, 5) is 13.5. The van der Waals surface area contributed by atoms with E-state index in [1.807, 2.05) is 6.07 Å². The molecule has 5 nitrogen and oxygen atoms in total. The van der Waals surface area contributed by atoms with Gasteiger partial charge in [0.2, 0.25) is 5.91 Å². The maximum absolute atomic E-state index is 11.1. The maximum Gasteiger partial charge on any atom is 0.245 e. The summed E-state index contributed by atoms with van der Waals surface area (Å²) in [5.74, 6) is 1.11. The van der Waals surface area contributed by atoms with Gasteiger partial charge in [0.15, 0.2) is 0 Å². The van der Waals surface area contributed by atoms with Crippen molar-refractivity contribution in [1.29, 1.82) is 0 Å². The van der Waals surface area contributed by atoms with E-state index in [-0.39, 0.29) is 5.91 Å². The number of carbonyl (C=O) groups is 1. The summed E-state index contributed by atoms with van der Waals surface area (Å²) < 4.78 is 5.36. The fourth-order valence-corrected chi connectivity index (χ4v) is 3.02. The van der Waals surface area contributed by atoms with Gasteiger partial charge in [0.05, 0.1) is 7.11 Å². The minimum atomic E-state index is -0.430. The van der Waals surface area contributed by atoms with E-state index in [9.17, 15) is 4.79 Å². The third-order valence-corrected chi connectivity index (χ3v) is 4.57. The number of nitrogens with zero attached hydrogens (tertiary/aromatic N) is 1. The molecule has 1 heterocycles. The maximum atomic E-state index is 11.1. The molecule has 0 spiro atoms. The highest BCUT2D eigenvalue weighted by Gasteiger charge is 2.23. The Morgan fingerprint density at radius 3 is 2.86 bits per heavy atom. The Labute approximate surface area is 132 Å². The second kappa shape index (κ2) is 7.61. The zero-order valence-corrected chi connectivity index (χ0v) is 13.7. The SMILES string of the molecule is COc1ccc(CN2CC[C@H](CNC(=O)CO)C2)c(C)c1C. The van der Waals surface area contributed by atoms with Gasteiger partial charge < -0.3 is 15.2 Å². The summed E-state index contributed by atoms with van der Waals surface area (Å²) in [5.41, 5.74) is 3.82. The van der Waals surface area contributed by atoms with Crippen molar-refractivity contribution >= 4 is 5.91 Å². The Balaban J connectivity index is 1.90. The molecule has 2 rings (SSSR count). The second-order valence-electron chi connectivity index (χ2n) is 6.03. The Hall–Kier alpha value is -1.59. The van der Waals surface area contributed by atoms with Crippen molar-refractivity contribution in [3.63, 3.8) is 0 Å². The van der Waals surface area contributed by atoms with Crippen molar-refractivity contribution in [1.82, 2.24) is 10.2 Å². The molecule has 122 valence electrons. The van der Waals surface area contributed by atoms with Gasteiger partial charge in [-0.25, -0.2) is 0 Å². The largest absolute Gasteiger partial charge is 0.496 e. The lowest BCUT2D eigenvalue weighted by atomic mass is 10.0. The molecule has 1 amide bonds. The predicted molar refractivity (Wildman–Crippen MR) is 85.9 cm³/mol. The fourth-order valence-electron chi connectivity index (χ4n) is 3.02. The van der Waals surface area contributed by atoms with E-state index in [2.05, 4.69) is 30.1 Å². The van der Waals surface area contributed by atoms with Crippen molar-refractivity contribution in [3.8, 4) is 5.75 Å². The van der Waals surface area contributed by atoms with Gasteiger partial charge in [-0.05, 0) is 55.5 Å². The number of carbonyl (C=O) groups excluding carboxylic acids is 1. The highest BCUT2D eigenvalue weighted by Crippen LogP contribution is 2.26. The molecule has 1 atom stereocenters. The molecule has 1 aromatic rings. The van der Waals surface area contributed by atoms with Crippen LogP contribution in [-0.4, -0.2) is 49.3 Å². The van der Waals surface area contributed by atoms with Crippen molar-refractivity contribution in [3.05, 3.63) is 28.8 Å². The summed E-state index contributed by atoms with van der Waals surface area (Å²) in [6, 6.07) is 4.18. The highest BCUT2D eigenvalue weighted by atomic mass is 16.5. The molecule has 0 aliphatic carbocycles. The van der Waals surface area contributed by atoms with Gasteiger partial charge in [-0.3, -0.25) is 9.69 Å². The fraction of sp³-hybridized carbons (Fsp3) is 0.588. The van der Waals surface area contributed by atoms with Gasteiger partial charge >= 0.3 is 0 Å². The summed E-state index contributed by atoms with van der Waals surface area (Å²) >= 11 is 0. The molecule has 0 aromatic heterocycles. The van der Waals surface area contributed by atoms with Crippen molar-refractivity contribution in [2.75, 3.05) is 33.4 Å². The number of nitrogens with one attached hydrogen (secondary N) is 1. The van der Waals surface area contributed by atoms with Crippen molar-refractivity contribution in [2.45, 2.75) is 26.8 Å². The third-order valence-electron chi connectivity index (χ3n) is 4.57. The van der Waals surface area contributed by atoms with E-state index in [0.717, 1.165) is 31.8 Å². The standard InChI is InChI=1S/C17H26N2O3/c1-12-13(2)16(22-3)5-4-15(12)10-19-7-6-14(9-19)8-18-17(21)11-20/h4-5,14,20H,6-11H2,1-3H3,(H,18,21)/t14-/m1/s1. The van der Waals surface area contributed by atoms with Crippen molar-refractivity contribution < 1.29 is 14.6 Å². The normalized spacial score (nSPS) is 18.5. The van der Waals surface area contributed by atoms with E-state index in [1.54, 1.807) is 7.11 Å². The molecule has 1 saturated heterocycles. The van der Waals surface area contributed by atoms with E-state index >= 15 is 0 Å². The highest BCUT2D eigenvalue weighted by molar-refractivity contribution is 5.76. The molecule has 1 fully saturated rings. The topological polar surface area (TPSA) is 61.8 Å². The molecule has 1 aliphatic rings. The number of aliphatic hydroxyl groups is 1. The number of likely N-dealkylation sites (tertiary alicyclic amines) is 1. The van der Waals surface area contributed by atoms with Crippen LogP contribution >= 0.6 is 0 Å². The van der Waals surface area contributed by atoms with Crippen LogP contribution in [0.1, 0.15) is 23.1 Å². The van der Waals surface area contributed by atoms with Crippen LogP contribution in [-0.2, 0) is 11.3 Å². The van der Waals surface area contributed by atoms with Crippen LogP contribution in [0.25, 0.3) is 0 Å². The summed E-state index contributed by atoms with van der Waals surface area (Å²) in [6.45, 7) is 7.41. The van der Waals surface area contributed by atoms with Gasteiger partial charge in [0, 0.05) is 19.6 Å². The molecule has 1 aromatic carbocycles. The van der Waals surface area contributed by atoms with Gasteiger partial charge in [0.1, 0.15) is 12.4 Å². The van der Waals surface area contributed by atoms with Crippen LogP contribution < -0.4 is 10.1 Å². The monoisotopic (exact) mass is 306 g/mol. The van der Waals surface area contributed by atoms with Gasteiger partial charge in [-0.2, -0.15) is 0 Å². The van der Waals surface area contributed by atoms with Crippen LogP contribution in [0.15, 0.2) is 12.1 Å². The third kappa shape index (κ3) is 3.99. The zero-order chi connectivity index (χ0) is 16.1. The minimum absolute atomic E-state index is 0.292. The first-order valence-electron chi connectivity index (χ1n) is 7.78. The first kappa shape index (κ1) is 16.8. The van der Waals surface area contributed by atoms with Crippen LogP contribution in [0.5, 0.6) is 5.75 Å². The number of rotatable bonds is 6. The number of hydrogen-bond donors (Lipinski definition) is 2. The smallest absolute Gasteiger partial charge is 0.245 e. The Kier molecular flexibility index (Phi) is 5.80. The van der Waals surface area contributed by atoms with Gasteiger partial charge in [0.25, 0.3) is 0 Å². The quantitative estimate of drug-likeness (QED) is 0.830. The molecule has 0 saturated carbocycles. The number of benzene rings is 1. The molecule has 2 N–H and O–H groups in total. The Morgan fingerprint density at radius 1 is 1.41 bits per heavy atom. The Bertz CT molecular complexity index is 531. The lowest BCUT2D eigenvalue weighted by molar-refractivity contribution is -0.123. The summed E-state index contributed by atoms with van der Waals surface area (Å²) in [6.07, 6.45) is 1.08. The van der Waals surface area contributed by atoms with E-state index in [1.165, 1.54) is 16.7 Å². The molecule has 5 heteroatoms. The zero-order valence-electron chi connectivity index (χ0n) is 13.7. The van der Waals surface area contributed by atoms with Crippen LogP contribution in [0.3, 0.4) is 0 Å². The van der Waals surface area contributed by atoms with E-state index in [4.69, 9.17) is 9.84 Å². The van der Waals surface area contributed by atoms with E-state index in [0.29, 0.717) is 12.5 Å². The lowest BCUT2D eigenvalue weighted by Crippen LogP contribution is -2.32. The van der Waals surface area contributed by atoms with Gasteiger partial charge in [-0.1, -0.05) is 6.07 Å². The predicted octanol–water partition coefficient (Wildman–Crippen LogP) is 1.24. The van der Waals surface area contributed by atoms with Crippen molar-refractivity contribution in [2.24, 2.45) is 5.92 Å². The molecular formula is C17H26N2O3. The van der Waals surface area contributed by atoms with Crippen LogP contribution in [0.2, 0.25) is 0 Å². The summed E-state index contributed by atoms with van der Waals surface area (Å²) in [7, 11) is 1.70. The molecule has 0 unspecified atom stereocenters. The number of ether oxygens (including phenoxy) is 1. The van der Waals surface area contributed by atoms with Crippen LogP contribution in [0, 0.1) is 19.8 Å². The first-order valence-corrected chi connectivity index (χ1v) is 7.78. The average molecular weight is 306 g/mol. The molecule has 0 radical (unpaired) electrons. The lowest BCUT2D eigenvalue weighted by Gasteiger charge is -2.19. The number of aliphatic hydroxyl groups excluding tert-OH is 1. The van der Waals surface area contributed by atoms with Gasteiger partial charge in [-0.15, -0.1) is 0 Å². The molecule has 1 aliphatic heterocycles.